The number of nitrogens with zero attached hydrogens (tertiary/aromatic N) is 3. The van der Waals surface area contributed by atoms with E-state index in [0.717, 1.165) is 0 Å². The summed E-state index contributed by atoms with van der Waals surface area (Å²) in [6, 6.07) is 8.74. The summed E-state index contributed by atoms with van der Waals surface area (Å²) >= 11 is 0. The largest absolute Gasteiger partial charge is 0.485 e. The fraction of sp³-hybridized carbons (Fsp3) is 0.0714. The summed E-state index contributed by atoms with van der Waals surface area (Å²) in [5.74, 6) is -0.645. The minimum Gasteiger partial charge on any atom is -0.485 e. The van der Waals surface area contributed by atoms with Crippen molar-refractivity contribution >= 4 is 11.6 Å². The molecule has 0 amide bonds. The van der Waals surface area contributed by atoms with E-state index in [1.165, 1.54) is 34.9 Å². The number of carboxylic acid groups (broad SMARTS) is 1. The molecule has 0 aliphatic rings. The number of aromatic nitrogens is 3. The molecule has 3 aromatic rings. The molecule has 21 heavy (non-hydrogen) atoms. The van der Waals surface area contributed by atoms with Crippen LogP contribution in [0.4, 0.5) is 4.39 Å². The van der Waals surface area contributed by atoms with Crippen LogP contribution in [-0.4, -0.2) is 25.7 Å². The minimum absolute atomic E-state index is 0.0493. The Morgan fingerprint density at radius 2 is 2.14 bits per heavy atom. The standard InChI is InChI=1S/C14H10FN3O3/c15-10-2-1-3-11(6-10)21-8-13-17-16-12-5-4-9(14(19)20)7-18(12)13/h1-7H,8H2,(H,19,20). The van der Waals surface area contributed by atoms with Crippen LogP contribution < -0.4 is 4.74 Å². The van der Waals surface area contributed by atoms with Crippen molar-refractivity contribution in [3.8, 4) is 5.75 Å². The number of pyridine rings is 1. The first-order chi connectivity index (χ1) is 10.1. The minimum atomic E-state index is -1.04. The molecule has 106 valence electrons. The molecule has 6 nitrogen and oxygen atoms in total. The second-order valence-electron chi connectivity index (χ2n) is 4.31. The number of halogens is 1. The quantitative estimate of drug-likeness (QED) is 0.795. The third-order valence-corrected chi connectivity index (χ3v) is 2.88. The van der Waals surface area contributed by atoms with Crippen molar-refractivity contribution in [1.29, 1.82) is 0 Å². The Balaban J connectivity index is 1.86. The van der Waals surface area contributed by atoms with E-state index in [-0.39, 0.29) is 12.2 Å². The molecule has 0 atom stereocenters. The third kappa shape index (κ3) is 2.66. The van der Waals surface area contributed by atoms with Crippen LogP contribution in [0.3, 0.4) is 0 Å². The van der Waals surface area contributed by atoms with E-state index in [1.54, 1.807) is 12.1 Å². The Morgan fingerprint density at radius 3 is 2.90 bits per heavy atom. The second-order valence-corrected chi connectivity index (χ2v) is 4.31. The molecule has 7 heteroatoms. The summed E-state index contributed by atoms with van der Waals surface area (Å²) in [7, 11) is 0. The first-order valence-corrected chi connectivity index (χ1v) is 6.09. The Morgan fingerprint density at radius 1 is 1.29 bits per heavy atom. The number of fused-ring (bicyclic) bond motifs is 1. The van der Waals surface area contributed by atoms with E-state index < -0.39 is 11.8 Å². The van der Waals surface area contributed by atoms with Crippen molar-refractivity contribution in [2.45, 2.75) is 6.61 Å². The lowest BCUT2D eigenvalue weighted by molar-refractivity contribution is 0.0696. The molecule has 3 rings (SSSR count). The molecule has 1 aromatic carbocycles. The monoisotopic (exact) mass is 287 g/mol. The van der Waals surface area contributed by atoms with E-state index in [4.69, 9.17) is 9.84 Å². The molecule has 0 aliphatic heterocycles. The molecule has 0 aliphatic carbocycles. The van der Waals surface area contributed by atoms with Gasteiger partial charge in [0, 0.05) is 12.3 Å². The fourth-order valence-electron chi connectivity index (χ4n) is 1.87. The van der Waals surface area contributed by atoms with Gasteiger partial charge in [-0.3, -0.25) is 4.40 Å². The normalized spacial score (nSPS) is 10.7. The summed E-state index contributed by atoms with van der Waals surface area (Å²) in [6.07, 6.45) is 1.42. The molecule has 0 radical (unpaired) electrons. The van der Waals surface area contributed by atoms with Gasteiger partial charge in [-0.2, -0.15) is 0 Å². The Kier molecular flexibility index (Phi) is 3.23. The zero-order chi connectivity index (χ0) is 14.8. The number of ether oxygens (including phenoxy) is 1. The number of hydrogen-bond acceptors (Lipinski definition) is 4. The zero-order valence-electron chi connectivity index (χ0n) is 10.7. The smallest absolute Gasteiger partial charge is 0.337 e. The van der Waals surface area contributed by atoms with Gasteiger partial charge in [0.1, 0.15) is 18.2 Å². The first kappa shape index (κ1) is 13.0. The topological polar surface area (TPSA) is 76.7 Å². The molecule has 0 saturated heterocycles. The van der Waals surface area contributed by atoms with E-state index in [1.807, 2.05) is 0 Å². The summed E-state index contributed by atoms with van der Waals surface area (Å²) in [6.45, 7) is 0.0493. The van der Waals surface area contributed by atoms with Crippen molar-refractivity contribution in [2.75, 3.05) is 0 Å². The first-order valence-electron chi connectivity index (χ1n) is 6.09. The van der Waals surface area contributed by atoms with Gasteiger partial charge in [0.2, 0.25) is 0 Å². The molecule has 0 saturated carbocycles. The highest BCUT2D eigenvalue weighted by molar-refractivity contribution is 5.87. The highest BCUT2D eigenvalue weighted by Gasteiger charge is 2.10. The Bertz CT molecular complexity index is 816. The van der Waals surface area contributed by atoms with Crippen LogP contribution in [0.15, 0.2) is 42.6 Å². The summed E-state index contributed by atoms with van der Waals surface area (Å²) in [5.41, 5.74) is 0.632. The lowest BCUT2D eigenvalue weighted by atomic mass is 10.3. The van der Waals surface area contributed by atoms with E-state index in [2.05, 4.69) is 10.2 Å². The second kappa shape index (κ2) is 5.20. The highest BCUT2D eigenvalue weighted by Crippen LogP contribution is 2.14. The van der Waals surface area contributed by atoms with Gasteiger partial charge >= 0.3 is 5.97 Å². The number of aromatic carboxylic acids is 1. The van der Waals surface area contributed by atoms with Gasteiger partial charge in [-0.15, -0.1) is 10.2 Å². The SMILES string of the molecule is O=C(O)c1ccc2nnc(COc3cccc(F)c3)n2c1. The fourth-order valence-corrected chi connectivity index (χ4v) is 1.87. The van der Waals surface area contributed by atoms with Crippen LogP contribution in [0.2, 0.25) is 0 Å². The maximum atomic E-state index is 13.0. The van der Waals surface area contributed by atoms with Crippen molar-refractivity contribution < 1.29 is 19.0 Å². The molecule has 2 heterocycles. The van der Waals surface area contributed by atoms with Gasteiger partial charge in [-0.25, -0.2) is 9.18 Å². The Labute approximate surface area is 118 Å². The van der Waals surface area contributed by atoms with Crippen LogP contribution >= 0.6 is 0 Å². The number of carboxylic acids is 1. The van der Waals surface area contributed by atoms with Gasteiger partial charge in [-0.1, -0.05) is 6.07 Å². The lowest BCUT2D eigenvalue weighted by Gasteiger charge is -2.05. The van der Waals surface area contributed by atoms with Crippen LogP contribution in [0, 0.1) is 5.82 Å². The van der Waals surface area contributed by atoms with Gasteiger partial charge < -0.3 is 9.84 Å². The van der Waals surface area contributed by atoms with Gasteiger partial charge in [0.05, 0.1) is 5.56 Å². The molecule has 2 aromatic heterocycles. The lowest BCUT2D eigenvalue weighted by Crippen LogP contribution is -2.04. The number of carbonyl (C=O) groups is 1. The summed E-state index contributed by atoms with van der Waals surface area (Å²) in [5, 5.41) is 16.8. The average molecular weight is 287 g/mol. The van der Waals surface area contributed by atoms with Crippen molar-refractivity contribution in [3.63, 3.8) is 0 Å². The number of rotatable bonds is 4. The van der Waals surface area contributed by atoms with Gasteiger partial charge in [0.25, 0.3) is 0 Å². The molecule has 0 bridgehead atoms. The van der Waals surface area contributed by atoms with E-state index >= 15 is 0 Å². The molecule has 0 unspecified atom stereocenters. The van der Waals surface area contributed by atoms with Crippen molar-refractivity contribution in [1.82, 2.24) is 14.6 Å². The number of benzene rings is 1. The maximum Gasteiger partial charge on any atom is 0.337 e. The molecular formula is C14H10FN3O3. The predicted molar refractivity (Wildman–Crippen MR) is 70.7 cm³/mol. The van der Waals surface area contributed by atoms with Crippen LogP contribution in [0.5, 0.6) is 5.75 Å². The van der Waals surface area contributed by atoms with Crippen LogP contribution in [0.25, 0.3) is 5.65 Å². The molecule has 0 spiro atoms. The van der Waals surface area contributed by atoms with Gasteiger partial charge in [0.15, 0.2) is 11.5 Å². The van der Waals surface area contributed by atoms with E-state index in [9.17, 15) is 9.18 Å². The third-order valence-electron chi connectivity index (χ3n) is 2.88. The van der Waals surface area contributed by atoms with Crippen molar-refractivity contribution in [3.05, 3.63) is 59.8 Å². The van der Waals surface area contributed by atoms with Crippen LogP contribution in [0.1, 0.15) is 16.2 Å². The average Bonchev–Trinajstić information content (AvgIpc) is 2.87. The Hall–Kier alpha value is -2.96. The van der Waals surface area contributed by atoms with Crippen LogP contribution in [-0.2, 0) is 6.61 Å². The van der Waals surface area contributed by atoms with Crippen molar-refractivity contribution in [2.24, 2.45) is 0 Å². The molecule has 1 N–H and O–H groups in total. The summed E-state index contributed by atoms with van der Waals surface area (Å²) in [4.78, 5) is 11.0. The maximum absolute atomic E-state index is 13.0. The molecule has 0 fully saturated rings. The number of hydrogen-bond donors (Lipinski definition) is 1. The zero-order valence-corrected chi connectivity index (χ0v) is 10.7. The van der Waals surface area contributed by atoms with Gasteiger partial charge in [-0.05, 0) is 24.3 Å². The summed E-state index contributed by atoms with van der Waals surface area (Å²) < 4.78 is 20.0. The molecular weight excluding hydrogens is 277 g/mol. The predicted octanol–water partition coefficient (Wildman–Crippen LogP) is 2.15. The highest BCUT2D eigenvalue weighted by atomic mass is 19.1. The van der Waals surface area contributed by atoms with E-state index in [0.29, 0.717) is 17.2 Å².